The molecule has 2 aliphatic rings. The van der Waals surface area contributed by atoms with Gasteiger partial charge in [-0.3, -0.25) is 14.6 Å². The molecule has 3 N–H and O–H groups in total. The molecule has 0 spiro atoms. The Hall–Kier alpha value is -3.85. The molecule has 0 radical (unpaired) electrons. The smallest absolute Gasteiger partial charge is 0.224 e. The number of methoxy groups -OCH3 is 2. The van der Waals surface area contributed by atoms with E-state index in [-0.39, 0.29) is 17.4 Å². The first-order valence-electron chi connectivity index (χ1n) is 12.6. The van der Waals surface area contributed by atoms with E-state index < -0.39 is 0 Å². The maximum Gasteiger partial charge on any atom is 0.224 e. The average Bonchev–Trinajstić information content (AvgIpc) is 3.44. The maximum atomic E-state index is 12.3. The van der Waals surface area contributed by atoms with Gasteiger partial charge in [0.1, 0.15) is 11.5 Å². The Morgan fingerprint density at radius 2 is 1.73 bits per heavy atom. The number of hydrogen-bond donors (Lipinski definition) is 3. The molecule has 9 nitrogen and oxygen atoms in total. The van der Waals surface area contributed by atoms with E-state index in [4.69, 9.17) is 14.2 Å². The van der Waals surface area contributed by atoms with Gasteiger partial charge in [-0.2, -0.15) is 0 Å². The molecular weight excluding hydrogens is 472 g/mol. The largest absolute Gasteiger partial charge is 0.493 e. The number of pyridine rings is 1. The Balaban J connectivity index is 1.10. The minimum atomic E-state index is -0.0731. The standard InChI is InChI=1S/C28H32N4O5/c1-35-24-13-21-22(14-25(24)36-2)30-12-11-23(21)37-20-9-7-19(8-10-20)31-26(33)5-3-4-6-27(34)32-28-15-18(28)16-29-17-28/h7-14,18,29H,3-6,15-17H2,1-2H3,(H,31,33)(H,32,34). The van der Waals surface area contributed by atoms with Gasteiger partial charge in [0.2, 0.25) is 11.8 Å². The second kappa shape index (κ2) is 10.6. The predicted molar refractivity (Wildman–Crippen MR) is 140 cm³/mol. The quantitative estimate of drug-likeness (QED) is 0.338. The summed E-state index contributed by atoms with van der Waals surface area (Å²) in [6.45, 7) is 1.87. The van der Waals surface area contributed by atoms with Gasteiger partial charge in [-0.15, -0.1) is 0 Å². The monoisotopic (exact) mass is 504 g/mol. The normalized spacial score (nSPS) is 19.7. The van der Waals surface area contributed by atoms with Crippen molar-refractivity contribution < 1.29 is 23.8 Å². The van der Waals surface area contributed by atoms with E-state index in [2.05, 4.69) is 20.9 Å². The summed E-state index contributed by atoms with van der Waals surface area (Å²) in [6, 6.07) is 12.6. The summed E-state index contributed by atoms with van der Waals surface area (Å²) >= 11 is 0. The van der Waals surface area contributed by atoms with Crippen molar-refractivity contribution in [3.05, 3.63) is 48.7 Å². The van der Waals surface area contributed by atoms with Crippen LogP contribution in [0.3, 0.4) is 0 Å². The Labute approximate surface area is 215 Å². The maximum absolute atomic E-state index is 12.3. The van der Waals surface area contributed by atoms with Crippen molar-refractivity contribution in [2.24, 2.45) is 5.92 Å². The number of carbonyl (C=O) groups is 2. The lowest BCUT2D eigenvalue weighted by atomic mass is 10.1. The van der Waals surface area contributed by atoms with Crippen LogP contribution in [-0.2, 0) is 9.59 Å². The Kier molecular flexibility index (Phi) is 7.14. The highest BCUT2D eigenvalue weighted by Gasteiger charge is 2.57. The molecule has 1 aliphatic heterocycles. The number of unbranched alkanes of at least 4 members (excludes halogenated alkanes) is 1. The van der Waals surface area contributed by atoms with Gasteiger partial charge in [-0.1, -0.05) is 0 Å². The molecule has 9 heteroatoms. The zero-order chi connectivity index (χ0) is 25.8. The number of ether oxygens (including phenoxy) is 3. The molecule has 1 aromatic heterocycles. The van der Waals surface area contributed by atoms with E-state index in [1.165, 1.54) is 0 Å². The number of nitrogens with zero attached hydrogens (tertiary/aromatic N) is 1. The summed E-state index contributed by atoms with van der Waals surface area (Å²) in [7, 11) is 3.17. The number of hydrogen-bond acceptors (Lipinski definition) is 7. The molecule has 1 aliphatic carbocycles. The highest BCUT2D eigenvalue weighted by molar-refractivity contribution is 5.91. The first kappa shape index (κ1) is 24.8. The van der Waals surface area contributed by atoms with Crippen LogP contribution in [0.4, 0.5) is 5.69 Å². The van der Waals surface area contributed by atoms with Crippen LogP contribution in [0.2, 0.25) is 0 Å². The first-order chi connectivity index (χ1) is 18.0. The topological polar surface area (TPSA) is 111 Å². The molecule has 5 rings (SSSR count). The number of aromatic nitrogens is 1. The number of amides is 2. The van der Waals surface area contributed by atoms with Gasteiger partial charge in [0, 0.05) is 49.3 Å². The van der Waals surface area contributed by atoms with Gasteiger partial charge in [0.25, 0.3) is 0 Å². The van der Waals surface area contributed by atoms with Crippen molar-refractivity contribution in [2.75, 3.05) is 32.6 Å². The number of anilines is 1. The molecular formula is C28H32N4O5. The summed E-state index contributed by atoms with van der Waals surface area (Å²) in [5, 5.41) is 10.2. The molecule has 2 unspecified atom stereocenters. The summed E-state index contributed by atoms with van der Waals surface area (Å²) in [5.74, 6) is 3.05. The van der Waals surface area contributed by atoms with Crippen molar-refractivity contribution >= 4 is 28.4 Å². The zero-order valence-electron chi connectivity index (χ0n) is 21.1. The molecule has 37 heavy (non-hydrogen) atoms. The van der Waals surface area contributed by atoms with Crippen LogP contribution < -0.4 is 30.2 Å². The van der Waals surface area contributed by atoms with E-state index >= 15 is 0 Å². The van der Waals surface area contributed by atoms with Crippen LogP contribution in [0.25, 0.3) is 10.9 Å². The fraction of sp³-hybridized carbons (Fsp3) is 0.393. The van der Waals surface area contributed by atoms with Crippen molar-refractivity contribution in [3.63, 3.8) is 0 Å². The molecule has 2 fully saturated rings. The number of fused-ring (bicyclic) bond motifs is 2. The molecule has 2 heterocycles. The van der Waals surface area contributed by atoms with E-state index in [1.54, 1.807) is 56.8 Å². The van der Waals surface area contributed by atoms with E-state index in [0.717, 1.165) is 30.4 Å². The number of benzene rings is 2. The van der Waals surface area contributed by atoms with Crippen molar-refractivity contribution in [1.29, 1.82) is 0 Å². The van der Waals surface area contributed by atoms with Gasteiger partial charge in [-0.05, 0) is 61.6 Å². The summed E-state index contributed by atoms with van der Waals surface area (Å²) in [4.78, 5) is 28.9. The lowest BCUT2D eigenvalue weighted by Gasteiger charge is -2.14. The third kappa shape index (κ3) is 5.61. The van der Waals surface area contributed by atoms with Crippen LogP contribution in [0.1, 0.15) is 32.1 Å². The van der Waals surface area contributed by atoms with Gasteiger partial charge in [0.15, 0.2) is 11.5 Å². The highest BCUT2D eigenvalue weighted by atomic mass is 16.5. The van der Waals surface area contributed by atoms with Crippen molar-refractivity contribution in [2.45, 2.75) is 37.6 Å². The zero-order valence-corrected chi connectivity index (χ0v) is 21.1. The summed E-state index contributed by atoms with van der Waals surface area (Å²) in [6.07, 6.45) is 4.94. The van der Waals surface area contributed by atoms with Crippen LogP contribution in [0.15, 0.2) is 48.7 Å². The minimum Gasteiger partial charge on any atom is -0.493 e. The van der Waals surface area contributed by atoms with Crippen LogP contribution in [0.5, 0.6) is 23.0 Å². The number of piperidine rings is 1. The molecule has 194 valence electrons. The molecule has 2 atom stereocenters. The van der Waals surface area contributed by atoms with Crippen molar-refractivity contribution in [3.8, 4) is 23.0 Å². The first-order valence-corrected chi connectivity index (χ1v) is 12.6. The van der Waals surface area contributed by atoms with Gasteiger partial charge in [0.05, 0.1) is 25.3 Å². The number of nitrogens with one attached hydrogen (secondary N) is 3. The number of carbonyl (C=O) groups excluding carboxylic acids is 2. The highest BCUT2D eigenvalue weighted by Crippen LogP contribution is 2.46. The molecule has 0 bridgehead atoms. The second-order valence-corrected chi connectivity index (χ2v) is 9.65. The third-order valence-corrected chi connectivity index (χ3v) is 7.08. The summed E-state index contributed by atoms with van der Waals surface area (Å²) in [5.41, 5.74) is 1.42. The lowest BCUT2D eigenvalue weighted by Crippen LogP contribution is -2.41. The molecule has 2 aromatic carbocycles. The Morgan fingerprint density at radius 1 is 1.00 bits per heavy atom. The minimum absolute atomic E-state index is 0.00917. The van der Waals surface area contributed by atoms with E-state index in [0.29, 0.717) is 60.3 Å². The van der Waals surface area contributed by atoms with Crippen LogP contribution in [0, 0.1) is 5.92 Å². The average molecular weight is 505 g/mol. The summed E-state index contributed by atoms with van der Waals surface area (Å²) < 4.78 is 16.9. The fourth-order valence-electron chi connectivity index (χ4n) is 4.94. The Bertz CT molecular complexity index is 1300. The Morgan fingerprint density at radius 3 is 2.41 bits per heavy atom. The predicted octanol–water partition coefficient (Wildman–Crippen LogP) is 4.02. The van der Waals surface area contributed by atoms with Gasteiger partial charge in [-0.25, -0.2) is 0 Å². The SMILES string of the molecule is COc1cc2nccc(Oc3ccc(NC(=O)CCCCC(=O)NC45CNCC4C5)cc3)c2cc1OC. The van der Waals surface area contributed by atoms with Gasteiger partial charge >= 0.3 is 0 Å². The van der Waals surface area contributed by atoms with Crippen LogP contribution >= 0.6 is 0 Å². The van der Waals surface area contributed by atoms with E-state index in [9.17, 15) is 9.59 Å². The van der Waals surface area contributed by atoms with Gasteiger partial charge < -0.3 is 30.2 Å². The van der Waals surface area contributed by atoms with Crippen molar-refractivity contribution in [1.82, 2.24) is 15.6 Å². The van der Waals surface area contributed by atoms with E-state index in [1.807, 2.05) is 6.07 Å². The molecule has 3 aromatic rings. The molecule has 1 saturated heterocycles. The fourth-order valence-corrected chi connectivity index (χ4v) is 4.94. The molecule has 2 amide bonds. The second-order valence-electron chi connectivity index (χ2n) is 9.65. The number of rotatable bonds is 11. The lowest BCUT2D eigenvalue weighted by molar-refractivity contribution is -0.122. The van der Waals surface area contributed by atoms with Crippen LogP contribution in [-0.4, -0.2) is 49.6 Å². The molecule has 1 saturated carbocycles. The third-order valence-electron chi connectivity index (χ3n) is 7.08.